The highest BCUT2D eigenvalue weighted by atomic mass is 32.1. The van der Waals surface area contributed by atoms with Crippen LogP contribution in [0, 0.1) is 0 Å². The molecule has 8 heteroatoms. The molecule has 3 N–H and O–H groups in total. The van der Waals surface area contributed by atoms with Crippen molar-refractivity contribution < 1.29 is 24.2 Å². The zero-order valence-corrected chi connectivity index (χ0v) is 12.9. The molecule has 1 aromatic heterocycles. The Labute approximate surface area is 131 Å². The topological polar surface area (TPSA) is 105 Å². The zero-order valence-electron chi connectivity index (χ0n) is 12.1. The van der Waals surface area contributed by atoms with Crippen molar-refractivity contribution in [2.75, 3.05) is 13.2 Å². The van der Waals surface area contributed by atoms with Crippen LogP contribution in [0.15, 0.2) is 17.5 Å². The number of hydrogen-bond acceptors (Lipinski definition) is 5. The highest BCUT2D eigenvalue weighted by Crippen LogP contribution is 2.24. The molecule has 2 rings (SSSR count). The lowest BCUT2D eigenvalue weighted by Gasteiger charge is -2.25. The summed E-state index contributed by atoms with van der Waals surface area (Å²) in [6.07, 6.45) is 0.215. The van der Waals surface area contributed by atoms with E-state index < -0.39 is 23.5 Å². The van der Waals surface area contributed by atoms with Crippen LogP contribution in [0.4, 0.5) is 0 Å². The van der Waals surface area contributed by atoms with Crippen LogP contribution in [0.5, 0.6) is 0 Å². The first-order chi connectivity index (χ1) is 10.4. The lowest BCUT2D eigenvalue weighted by molar-refractivity contribution is -0.147. The molecule has 2 amide bonds. The Morgan fingerprint density at radius 1 is 1.50 bits per heavy atom. The van der Waals surface area contributed by atoms with E-state index in [0.29, 0.717) is 6.61 Å². The minimum absolute atomic E-state index is 0.0187. The van der Waals surface area contributed by atoms with Gasteiger partial charge in [0.25, 0.3) is 0 Å². The number of nitrogens with one attached hydrogen (secondary N) is 2. The molecule has 2 heterocycles. The summed E-state index contributed by atoms with van der Waals surface area (Å²) < 4.78 is 5.10. The second-order valence-electron chi connectivity index (χ2n) is 5.21. The van der Waals surface area contributed by atoms with Gasteiger partial charge in [0.1, 0.15) is 0 Å². The molecule has 0 aliphatic carbocycles. The third-order valence-corrected chi connectivity index (χ3v) is 4.45. The van der Waals surface area contributed by atoms with Gasteiger partial charge in [-0.1, -0.05) is 6.07 Å². The normalized spacial score (nSPS) is 22.0. The molecular formula is C14H18N2O5S. The molecule has 1 aliphatic heterocycles. The van der Waals surface area contributed by atoms with Crippen molar-refractivity contribution >= 4 is 29.1 Å². The smallest absolute Gasteiger partial charge is 0.331 e. The molecule has 1 fully saturated rings. The molecular weight excluding hydrogens is 308 g/mol. The second kappa shape index (κ2) is 6.89. The maximum atomic E-state index is 12.2. The standard InChI is InChI=1S/C14H18N2O5S/c1-9(17)15-10(11-3-2-6-22-11)7-12(18)16-14(13(19)20)4-5-21-8-14/h2-3,6,10H,4-5,7-8H2,1H3,(H,15,17)(H,16,18)(H,19,20). The molecule has 0 aromatic carbocycles. The number of thiophene rings is 1. The van der Waals surface area contributed by atoms with Crippen LogP contribution in [-0.2, 0) is 19.1 Å². The molecule has 0 bridgehead atoms. The lowest BCUT2D eigenvalue weighted by Crippen LogP contribution is -2.55. The van der Waals surface area contributed by atoms with Crippen molar-refractivity contribution in [2.24, 2.45) is 0 Å². The van der Waals surface area contributed by atoms with Crippen molar-refractivity contribution in [1.29, 1.82) is 0 Å². The first-order valence-corrected chi connectivity index (χ1v) is 7.73. The summed E-state index contributed by atoms with van der Waals surface area (Å²) in [6.45, 7) is 1.63. The molecule has 120 valence electrons. The summed E-state index contributed by atoms with van der Waals surface area (Å²) in [7, 11) is 0. The molecule has 2 atom stereocenters. The number of carboxylic acids is 1. The first-order valence-electron chi connectivity index (χ1n) is 6.85. The van der Waals surface area contributed by atoms with Crippen LogP contribution in [-0.4, -0.2) is 41.6 Å². The quantitative estimate of drug-likeness (QED) is 0.713. The van der Waals surface area contributed by atoms with E-state index in [1.165, 1.54) is 18.3 Å². The minimum atomic E-state index is -1.37. The van der Waals surface area contributed by atoms with E-state index in [-0.39, 0.29) is 25.4 Å². The van der Waals surface area contributed by atoms with Gasteiger partial charge in [-0.3, -0.25) is 9.59 Å². The van der Waals surface area contributed by atoms with E-state index >= 15 is 0 Å². The average Bonchev–Trinajstić information content (AvgIpc) is 3.08. The van der Waals surface area contributed by atoms with Gasteiger partial charge in [-0.05, 0) is 11.4 Å². The highest BCUT2D eigenvalue weighted by molar-refractivity contribution is 7.10. The minimum Gasteiger partial charge on any atom is -0.479 e. The van der Waals surface area contributed by atoms with Gasteiger partial charge in [0.05, 0.1) is 19.1 Å². The van der Waals surface area contributed by atoms with E-state index in [1.807, 2.05) is 17.5 Å². The molecule has 2 unspecified atom stereocenters. The van der Waals surface area contributed by atoms with Crippen LogP contribution in [0.25, 0.3) is 0 Å². The number of rotatable bonds is 6. The molecule has 0 radical (unpaired) electrons. The van der Waals surface area contributed by atoms with Crippen LogP contribution in [0.2, 0.25) is 0 Å². The zero-order chi connectivity index (χ0) is 16.2. The largest absolute Gasteiger partial charge is 0.479 e. The number of carboxylic acid groups (broad SMARTS) is 1. The van der Waals surface area contributed by atoms with Crippen LogP contribution in [0.3, 0.4) is 0 Å². The van der Waals surface area contributed by atoms with Gasteiger partial charge in [-0.25, -0.2) is 4.79 Å². The molecule has 1 aromatic rings. The Balaban J connectivity index is 2.04. The third-order valence-electron chi connectivity index (χ3n) is 3.46. The monoisotopic (exact) mass is 326 g/mol. The van der Waals surface area contributed by atoms with Gasteiger partial charge in [0.2, 0.25) is 11.8 Å². The Morgan fingerprint density at radius 3 is 2.77 bits per heavy atom. The Bertz CT molecular complexity index is 552. The van der Waals surface area contributed by atoms with E-state index in [9.17, 15) is 19.5 Å². The van der Waals surface area contributed by atoms with Gasteiger partial charge in [-0.15, -0.1) is 11.3 Å². The van der Waals surface area contributed by atoms with E-state index in [0.717, 1.165) is 4.88 Å². The number of amides is 2. The number of aliphatic carboxylic acids is 1. The maximum Gasteiger partial charge on any atom is 0.331 e. The first kappa shape index (κ1) is 16.4. The molecule has 22 heavy (non-hydrogen) atoms. The van der Waals surface area contributed by atoms with Crippen molar-refractivity contribution in [1.82, 2.24) is 10.6 Å². The predicted octanol–water partition coefficient (Wildman–Crippen LogP) is 0.675. The molecule has 7 nitrogen and oxygen atoms in total. The van der Waals surface area contributed by atoms with Crippen molar-refractivity contribution in [2.45, 2.75) is 31.3 Å². The van der Waals surface area contributed by atoms with Crippen molar-refractivity contribution in [3.8, 4) is 0 Å². The van der Waals surface area contributed by atoms with Crippen molar-refractivity contribution in [3.63, 3.8) is 0 Å². The number of carbonyl (C=O) groups is 3. The van der Waals surface area contributed by atoms with Gasteiger partial charge in [0.15, 0.2) is 5.54 Å². The molecule has 1 aliphatic rings. The fourth-order valence-electron chi connectivity index (χ4n) is 2.35. The summed E-state index contributed by atoms with van der Waals surface area (Å²) in [4.78, 5) is 35.7. The van der Waals surface area contributed by atoms with Crippen molar-refractivity contribution in [3.05, 3.63) is 22.4 Å². The van der Waals surface area contributed by atoms with Gasteiger partial charge < -0.3 is 20.5 Å². The van der Waals surface area contributed by atoms with Gasteiger partial charge in [0, 0.05) is 24.8 Å². The second-order valence-corrected chi connectivity index (χ2v) is 6.19. The maximum absolute atomic E-state index is 12.2. The van der Waals surface area contributed by atoms with Crippen LogP contribution < -0.4 is 10.6 Å². The summed E-state index contributed by atoms with van der Waals surface area (Å²) >= 11 is 1.43. The van der Waals surface area contributed by atoms with Crippen LogP contribution >= 0.6 is 11.3 Å². The van der Waals surface area contributed by atoms with E-state index in [4.69, 9.17) is 4.74 Å². The lowest BCUT2D eigenvalue weighted by atomic mass is 9.98. The Kier molecular flexibility index (Phi) is 5.15. The molecule has 1 saturated heterocycles. The number of ether oxygens (including phenoxy) is 1. The molecule has 0 spiro atoms. The van der Waals surface area contributed by atoms with Gasteiger partial charge in [-0.2, -0.15) is 0 Å². The third kappa shape index (κ3) is 3.83. The van der Waals surface area contributed by atoms with E-state index in [1.54, 1.807) is 0 Å². The fourth-order valence-corrected chi connectivity index (χ4v) is 3.12. The fraction of sp³-hybridized carbons (Fsp3) is 0.500. The molecule has 0 saturated carbocycles. The number of carbonyl (C=O) groups excluding carboxylic acids is 2. The SMILES string of the molecule is CC(=O)NC(CC(=O)NC1(C(=O)O)CCOC1)c1cccs1. The van der Waals surface area contributed by atoms with Crippen LogP contribution in [0.1, 0.15) is 30.7 Å². The highest BCUT2D eigenvalue weighted by Gasteiger charge is 2.44. The number of hydrogen-bond donors (Lipinski definition) is 3. The summed E-state index contributed by atoms with van der Waals surface area (Å²) in [5, 5.41) is 16.4. The average molecular weight is 326 g/mol. The summed E-state index contributed by atoms with van der Waals surface area (Å²) in [5.41, 5.74) is -1.37. The predicted molar refractivity (Wildman–Crippen MR) is 79.4 cm³/mol. The van der Waals surface area contributed by atoms with E-state index in [2.05, 4.69) is 10.6 Å². The Morgan fingerprint density at radius 2 is 2.27 bits per heavy atom. The summed E-state index contributed by atoms with van der Waals surface area (Å²) in [5.74, 6) is -1.78. The van der Waals surface area contributed by atoms with Gasteiger partial charge >= 0.3 is 5.97 Å². The summed E-state index contributed by atoms with van der Waals surface area (Å²) in [6, 6.07) is 3.19. The Hall–Kier alpha value is -1.93.